The van der Waals surface area contributed by atoms with Crippen molar-refractivity contribution in [2.24, 2.45) is 28.6 Å². The van der Waals surface area contributed by atoms with Crippen LogP contribution in [-0.2, 0) is 32.1 Å². The molecule has 0 aromatic heterocycles. The zero-order valence-electron chi connectivity index (χ0n) is 34.2. The third kappa shape index (κ3) is 7.66. The minimum absolute atomic E-state index is 0.309. The maximum Gasteiger partial charge on any atom is 0.356 e. The number of ether oxygens (including phenoxy) is 3. The Morgan fingerprint density at radius 3 is 2.10 bits per heavy atom. The maximum atomic E-state index is 14.3. The van der Waals surface area contributed by atoms with Crippen molar-refractivity contribution in [2.45, 2.75) is 189 Å². The van der Waals surface area contributed by atoms with E-state index in [9.17, 15) is 19.5 Å². The Morgan fingerprint density at radius 2 is 1.52 bits per heavy atom. The predicted molar refractivity (Wildman–Crippen MR) is 205 cm³/mol. The smallest absolute Gasteiger partial charge is 0.356 e. The molecule has 0 radical (unpaired) electrons. The zero-order valence-corrected chi connectivity index (χ0v) is 34.2. The number of benzene rings is 1. The van der Waals surface area contributed by atoms with Crippen LogP contribution in [0.4, 0.5) is 0 Å². The quantitative estimate of drug-likeness (QED) is 0.125. The van der Waals surface area contributed by atoms with Crippen LogP contribution in [0.1, 0.15) is 168 Å². The van der Waals surface area contributed by atoms with Crippen molar-refractivity contribution >= 4 is 17.9 Å². The molecule has 8 nitrogen and oxygen atoms in total. The lowest BCUT2D eigenvalue weighted by atomic mass is 9.66. The standard InChI is InChI=1S/C44H69NO7/c1-28(2)15-11-16-29(3)17-12-18-30(4)19-13-22-42(9)23-21-33-34(27-45-26-14-20-35(45)38(46)47)36(31(5)32(6)37(33)51-42)50-40(49)44-25-24-43(10,39(48)52-44)41(44,7)8/h28-30,35H,11-27H2,1-10H3,(H,46,47)/t29-,30-,35+,42+,43+,44-/m1/s1. The number of rotatable bonds is 17. The van der Waals surface area contributed by atoms with E-state index in [4.69, 9.17) is 14.2 Å². The highest BCUT2D eigenvalue weighted by atomic mass is 16.6. The van der Waals surface area contributed by atoms with Gasteiger partial charge in [-0.25, -0.2) is 4.79 Å². The van der Waals surface area contributed by atoms with Gasteiger partial charge in [-0.1, -0.05) is 86.5 Å². The minimum atomic E-state index is -1.36. The monoisotopic (exact) mass is 724 g/mol. The van der Waals surface area contributed by atoms with E-state index in [1.165, 1.54) is 44.9 Å². The highest BCUT2D eigenvalue weighted by Gasteiger charge is 2.76. The van der Waals surface area contributed by atoms with Gasteiger partial charge in [0.05, 0.1) is 5.41 Å². The van der Waals surface area contributed by atoms with E-state index in [1.54, 1.807) is 0 Å². The first-order valence-corrected chi connectivity index (χ1v) is 20.6. The number of nitrogens with zero attached hydrogens (tertiary/aromatic N) is 1. The Hall–Kier alpha value is -2.61. The molecule has 2 bridgehead atoms. The first kappa shape index (κ1) is 40.6. The summed E-state index contributed by atoms with van der Waals surface area (Å²) in [6, 6.07) is -0.588. The number of hydrogen-bond donors (Lipinski definition) is 1. The van der Waals surface area contributed by atoms with Gasteiger partial charge in [0.1, 0.15) is 23.1 Å². The molecule has 3 fully saturated rings. The van der Waals surface area contributed by atoms with E-state index in [2.05, 4.69) is 34.6 Å². The molecule has 5 rings (SSSR count). The summed E-state index contributed by atoms with van der Waals surface area (Å²) in [5.41, 5.74) is 0.433. The number of likely N-dealkylation sites (tertiary alicyclic amines) is 1. The van der Waals surface area contributed by atoms with Crippen LogP contribution in [0, 0.1) is 42.4 Å². The van der Waals surface area contributed by atoms with Crippen LogP contribution >= 0.6 is 0 Å². The van der Waals surface area contributed by atoms with E-state index < -0.39 is 34.4 Å². The van der Waals surface area contributed by atoms with Crippen molar-refractivity contribution in [3.05, 3.63) is 22.3 Å². The second-order valence-electron chi connectivity index (χ2n) is 18.8. The molecule has 8 heteroatoms. The van der Waals surface area contributed by atoms with E-state index in [0.717, 1.165) is 71.9 Å². The summed E-state index contributed by atoms with van der Waals surface area (Å²) < 4.78 is 19.3. The average molecular weight is 724 g/mol. The first-order valence-electron chi connectivity index (χ1n) is 20.6. The lowest BCUT2D eigenvalue weighted by molar-refractivity contribution is -0.176. The predicted octanol–water partition coefficient (Wildman–Crippen LogP) is 9.90. The van der Waals surface area contributed by atoms with Gasteiger partial charge in [0.15, 0.2) is 0 Å². The van der Waals surface area contributed by atoms with Gasteiger partial charge in [-0.2, -0.15) is 0 Å². The van der Waals surface area contributed by atoms with Crippen LogP contribution < -0.4 is 9.47 Å². The summed E-state index contributed by atoms with van der Waals surface area (Å²) in [7, 11) is 0. The Balaban J connectivity index is 1.31. The Bertz CT molecular complexity index is 1500. The molecule has 6 atom stereocenters. The van der Waals surface area contributed by atoms with Gasteiger partial charge >= 0.3 is 17.9 Å². The topological polar surface area (TPSA) is 102 Å². The summed E-state index contributed by atoms with van der Waals surface area (Å²) in [5.74, 6) is 1.91. The van der Waals surface area contributed by atoms with Gasteiger partial charge in [-0.3, -0.25) is 14.5 Å². The Labute approximate surface area is 314 Å². The van der Waals surface area contributed by atoms with E-state index in [1.807, 2.05) is 39.5 Å². The lowest BCUT2D eigenvalue weighted by Crippen LogP contribution is -2.50. The van der Waals surface area contributed by atoms with Crippen molar-refractivity contribution in [1.29, 1.82) is 0 Å². The molecule has 3 heterocycles. The fraction of sp³-hybridized carbons (Fsp3) is 0.795. The van der Waals surface area contributed by atoms with E-state index in [0.29, 0.717) is 44.0 Å². The SMILES string of the molecule is Cc1c(C)c2c(c(CN3CCC[C@H]3C(=O)O)c1OC(=O)[C@@]13CC[C@@](C)(C(=O)O1)C3(C)C)CC[C@](C)(CCC[C@H](C)CCC[C@H](C)CCCC(C)C)O2. The highest BCUT2D eigenvalue weighted by Crippen LogP contribution is 2.66. The average Bonchev–Trinajstić information content (AvgIpc) is 3.66. The van der Waals surface area contributed by atoms with Crippen LogP contribution in [0.2, 0.25) is 0 Å². The molecule has 4 aliphatic rings. The summed E-state index contributed by atoms with van der Waals surface area (Å²) in [6.07, 6.45) is 15.2. The molecule has 0 amide bonds. The summed E-state index contributed by atoms with van der Waals surface area (Å²) in [5, 5.41) is 10.0. The van der Waals surface area contributed by atoms with Gasteiger partial charge in [-0.15, -0.1) is 0 Å². The second-order valence-corrected chi connectivity index (χ2v) is 18.8. The molecular weight excluding hydrogens is 654 g/mol. The molecule has 2 saturated heterocycles. The van der Waals surface area contributed by atoms with E-state index in [-0.39, 0.29) is 11.6 Å². The number of carbonyl (C=O) groups is 3. The van der Waals surface area contributed by atoms with Crippen LogP contribution in [0.25, 0.3) is 0 Å². The number of aliphatic carboxylic acids is 1. The van der Waals surface area contributed by atoms with E-state index >= 15 is 0 Å². The summed E-state index contributed by atoms with van der Waals surface area (Å²) in [6.45, 7) is 22.4. The molecule has 1 aromatic carbocycles. The maximum absolute atomic E-state index is 14.3. The number of hydrogen-bond acceptors (Lipinski definition) is 7. The molecule has 1 aromatic rings. The van der Waals surface area contributed by atoms with Crippen molar-refractivity contribution in [3.63, 3.8) is 0 Å². The van der Waals surface area contributed by atoms with Crippen molar-refractivity contribution in [1.82, 2.24) is 4.90 Å². The third-order valence-corrected chi connectivity index (χ3v) is 14.3. The molecule has 1 saturated carbocycles. The van der Waals surface area contributed by atoms with Crippen LogP contribution in [-0.4, -0.2) is 51.7 Å². The molecule has 1 aliphatic carbocycles. The van der Waals surface area contributed by atoms with Gasteiger partial charge in [0, 0.05) is 23.1 Å². The normalized spacial score (nSPS) is 29.1. The molecule has 0 spiro atoms. The number of carboxylic acid groups (broad SMARTS) is 1. The first-order chi connectivity index (χ1) is 24.4. The summed E-state index contributed by atoms with van der Waals surface area (Å²) >= 11 is 0. The van der Waals surface area contributed by atoms with Crippen molar-refractivity contribution in [2.75, 3.05) is 6.54 Å². The van der Waals surface area contributed by atoms with Crippen molar-refractivity contribution < 1.29 is 33.7 Å². The largest absolute Gasteiger partial charge is 0.487 e. The lowest BCUT2D eigenvalue weighted by Gasteiger charge is -2.40. The second kappa shape index (κ2) is 15.6. The van der Waals surface area contributed by atoms with Crippen molar-refractivity contribution in [3.8, 4) is 11.5 Å². The highest BCUT2D eigenvalue weighted by molar-refractivity contribution is 5.94. The molecule has 3 aliphatic heterocycles. The summed E-state index contributed by atoms with van der Waals surface area (Å²) in [4.78, 5) is 41.6. The molecule has 0 unspecified atom stereocenters. The molecular formula is C44H69NO7. The molecule has 52 heavy (non-hydrogen) atoms. The van der Waals surface area contributed by atoms with Gasteiger partial charge in [0.2, 0.25) is 5.60 Å². The zero-order chi connectivity index (χ0) is 38.2. The van der Waals surface area contributed by atoms with Crippen LogP contribution in [0.5, 0.6) is 11.5 Å². The van der Waals surface area contributed by atoms with Gasteiger partial charge < -0.3 is 19.3 Å². The van der Waals surface area contributed by atoms with Gasteiger partial charge in [-0.05, 0) is 114 Å². The van der Waals surface area contributed by atoms with Gasteiger partial charge in [0.25, 0.3) is 0 Å². The third-order valence-electron chi connectivity index (χ3n) is 14.3. The number of carboxylic acids is 1. The fourth-order valence-electron chi connectivity index (χ4n) is 9.82. The Morgan fingerprint density at radius 1 is 0.885 bits per heavy atom. The minimum Gasteiger partial charge on any atom is -0.487 e. The van der Waals surface area contributed by atoms with Crippen LogP contribution in [0.3, 0.4) is 0 Å². The molecule has 1 N–H and O–H groups in total. The number of fused-ring (bicyclic) bond motifs is 3. The Kier molecular flexibility index (Phi) is 12.2. The fourth-order valence-corrected chi connectivity index (χ4v) is 9.82. The number of carbonyl (C=O) groups excluding carboxylic acids is 2. The number of esters is 2. The molecule has 292 valence electrons. The van der Waals surface area contributed by atoms with Crippen LogP contribution in [0.15, 0.2) is 0 Å².